The van der Waals surface area contributed by atoms with E-state index < -0.39 is 50.3 Å². The van der Waals surface area contributed by atoms with Crippen molar-refractivity contribution in [1.82, 2.24) is 19.7 Å². The first-order valence-corrected chi connectivity index (χ1v) is 14.8. The summed E-state index contributed by atoms with van der Waals surface area (Å²) >= 11 is 0. The topological polar surface area (TPSA) is 204 Å². The molecule has 1 aliphatic rings. The molecule has 0 unspecified atom stereocenters. The molecule has 1 aliphatic heterocycles. The van der Waals surface area contributed by atoms with E-state index >= 15 is 0 Å². The highest BCUT2D eigenvalue weighted by Crippen LogP contribution is 2.48. The SMILES string of the molecule is CCC(C)(C)COC(=O)[C@H](C)N[P@@](=O)(OC[C@@]1(C#N)O[C@@H](c2ccc3c(N)ncnn23)[C@H](O)[C@@H]1O)Oc1ccccc1. The second kappa shape index (κ2) is 12.3. The summed E-state index contributed by atoms with van der Waals surface area (Å²) in [6.07, 6.45) is -2.64. The fourth-order valence-corrected chi connectivity index (χ4v) is 5.67. The summed E-state index contributed by atoms with van der Waals surface area (Å²) in [5.74, 6) is -0.370. The molecule has 0 bridgehead atoms. The fourth-order valence-electron chi connectivity index (χ4n) is 4.15. The number of anilines is 1. The van der Waals surface area contributed by atoms with Gasteiger partial charge in [0.1, 0.15) is 54.6 Å². The third-order valence-corrected chi connectivity index (χ3v) is 8.75. The number of rotatable bonds is 12. The predicted octanol–water partition coefficient (Wildman–Crippen LogP) is 2.53. The molecule has 0 amide bonds. The molecular formula is C27H35N6O8P. The molecule has 3 heterocycles. The lowest BCUT2D eigenvalue weighted by molar-refractivity contribution is -0.148. The summed E-state index contributed by atoms with van der Waals surface area (Å²) in [5, 5.41) is 38.6. The number of nitriles is 1. The molecule has 3 aromatic rings. The van der Waals surface area contributed by atoms with Crippen molar-refractivity contribution in [3.63, 3.8) is 0 Å². The summed E-state index contributed by atoms with van der Waals surface area (Å²) in [4.78, 5) is 16.6. The van der Waals surface area contributed by atoms with E-state index in [-0.39, 0.29) is 29.3 Å². The van der Waals surface area contributed by atoms with Gasteiger partial charge in [-0.1, -0.05) is 39.0 Å². The predicted molar refractivity (Wildman–Crippen MR) is 150 cm³/mol. The lowest BCUT2D eigenvalue weighted by Crippen LogP contribution is -2.46. The summed E-state index contributed by atoms with van der Waals surface area (Å²) < 4.78 is 37.9. The van der Waals surface area contributed by atoms with Gasteiger partial charge in [-0.25, -0.2) is 14.1 Å². The van der Waals surface area contributed by atoms with Gasteiger partial charge in [-0.15, -0.1) is 0 Å². The van der Waals surface area contributed by atoms with E-state index in [1.807, 2.05) is 26.8 Å². The second-order valence-corrected chi connectivity index (χ2v) is 12.5. The Labute approximate surface area is 242 Å². The standard InChI is InChI=1S/C27H35N6O8P/c1-5-26(3,4)14-38-25(36)17(2)32-42(37,41-18-9-7-6-8-10-18)39-15-27(13-28)23(35)21(34)22(40-27)19-11-12-20-24(29)30-16-31-33(19)20/h6-12,16-17,21-23,34-35H,5,14-15H2,1-4H3,(H,32,37)(H2,29,30,31)/t17-,21-,22-,23-,27+,42+/m0/s1. The van der Waals surface area contributed by atoms with E-state index in [1.54, 1.807) is 30.3 Å². The van der Waals surface area contributed by atoms with Crippen molar-refractivity contribution in [2.24, 2.45) is 5.41 Å². The first kappa shape index (κ1) is 31.4. The molecule has 14 nitrogen and oxygen atoms in total. The van der Waals surface area contributed by atoms with Crippen molar-refractivity contribution in [1.29, 1.82) is 5.26 Å². The average Bonchev–Trinajstić information content (AvgIpc) is 3.51. The van der Waals surface area contributed by atoms with Gasteiger partial charge in [0.25, 0.3) is 0 Å². The largest absolute Gasteiger partial charge is 0.464 e. The van der Waals surface area contributed by atoms with E-state index in [9.17, 15) is 24.8 Å². The molecule has 0 spiro atoms. The van der Waals surface area contributed by atoms with Gasteiger partial charge in [0.2, 0.25) is 5.60 Å². The molecule has 6 atom stereocenters. The highest BCUT2D eigenvalue weighted by atomic mass is 31.2. The number of esters is 1. The van der Waals surface area contributed by atoms with Gasteiger partial charge >= 0.3 is 13.7 Å². The minimum absolute atomic E-state index is 0.140. The Morgan fingerprint density at radius 1 is 1.31 bits per heavy atom. The van der Waals surface area contributed by atoms with E-state index in [2.05, 4.69) is 15.2 Å². The summed E-state index contributed by atoms with van der Waals surface area (Å²) in [6, 6.07) is 11.9. The monoisotopic (exact) mass is 602 g/mol. The summed E-state index contributed by atoms with van der Waals surface area (Å²) in [6.45, 7) is 6.62. The number of nitrogens with two attached hydrogens (primary N) is 1. The van der Waals surface area contributed by atoms with Crippen molar-refractivity contribution in [3.05, 3.63) is 54.5 Å². The van der Waals surface area contributed by atoms with Crippen LogP contribution < -0.4 is 15.3 Å². The third kappa shape index (κ3) is 6.57. The highest BCUT2D eigenvalue weighted by Gasteiger charge is 2.57. The Kier molecular flexibility index (Phi) is 9.22. The number of aromatic nitrogens is 3. The van der Waals surface area contributed by atoms with Crippen molar-refractivity contribution >= 4 is 25.1 Å². The smallest absolute Gasteiger partial charge is 0.459 e. The lowest BCUT2D eigenvalue weighted by atomic mass is 9.92. The van der Waals surface area contributed by atoms with Crippen LogP contribution in [0.1, 0.15) is 45.9 Å². The minimum Gasteiger partial charge on any atom is -0.464 e. The first-order chi connectivity index (χ1) is 19.8. The molecule has 226 valence electrons. The number of hydrogen-bond donors (Lipinski definition) is 4. The lowest BCUT2D eigenvalue weighted by Gasteiger charge is -2.28. The van der Waals surface area contributed by atoms with Crippen LogP contribution in [0.5, 0.6) is 5.75 Å². The van der Waals surface area contributed by atoms with Gasteiger partial charge in [0.15, 0.2) is 5.82 Å². The molecule has 2 aromatic heterocycles. The van der Waals surface area contributed by atoms with Gasteiger partial charge in [0.05, 0.1) is 12.3 Å². The van der Waals surface area contributed by atoms with Gasteiger partial charge in [-0.2, -0.15) is 15.4 Å². The number of nitrogens with one attached hydrogen (secondary N) is 1. The van der Waals surface area contributed by atoms with Crippen molar-refractivity contribution < 1.29 is 38.1 Å². The van der Waals surface area contributed by atoms with E-state index in [1.165, 1.54) is 29.9 Å². The molecule has 5 N–H and O–H groups in total. The minimum atomic E-state index is -4.42. The zero-order valence-electron chi connectivity index (χ0n) is 23.7. The number of nitrogen functional groups attached to an aromatic ring is 1. The number of carbonyl (C=O) groups excluding carboxylic acids is 1. The Morgan fingerprint density at radius 3 is 2.69 bits per heavy atom. The quantitative estimate of drug-likeness (QED) is 0.174. The Morgan fingerprint density at radius 2 is 2.02 bits per heavy atom. The molecule has 0 saturated carbocycles. The number of nitrogens with zero attached hydrogens (tertiary/aromatic N) is 4. The number of aliphatic hydroxyl groups excluding tert-OH is 2. The van der Waals surface area contributed by atoms with Crippen LogP contribution in [0, 0.1) is 16.7 Å². The Bertz CT molecular complexity index is 1490. The van der Waals surface area contributed by atoms with Crippen molar-refractivity contribution in [2.45, 2.75) is 64.1 Å². The number of aliphatic hydroxyl groups is 2. The maximum Gasteiger partial charge on any atom is 0.459 e. The number of carbonyl (C=O) groups is 1. The van der Waals surface area contributed by atoms with E-state index in [4.69, 9.17) is 24.3 Å². The number of hydrogen-bond acceptors (Lipinski definition) is 12. The van der Waals surface area contributed by atoms with Gasteiger partial charge in [0, 0.05) is 0 Å². The average molecular weight is 603 g/mol. The fraction of sp³-hybridized carbons (Fsp3) is 0.481. The molecule has 0 aliphatic carbocycles. The van der Waals surface area contributed by atoms with Crippen molar-refractivity contribution in [3.8, 4) is 11.8 Å². The van der Waals surface area contributed by atoms with Crippen LogP contribution in [-0.2, 0) is 23.4 Å². The van der Waals surface area contributed by atoms with Gasteiger partial charge in [-0.3, -0.25) is 9.32 Å². The van der Waals surface area contributed by atoms with Crippen LogP contribution in [0.25, 0.3) is 5.52 Å². The molecule has 1 aromatic carbocycles. The Hall–Kier alpha value is -3.57. The van der Waals surface area contributed by atoms with Crippen LogP contribution in [-0.4, -0.2) is 67.8 Å². The van der Waals surface area contributed by atoms with Crippen LogP contribution in [0.4, 0.5) is 5.82 Å². The molecule has 1 saturated heterocycles. The molecule has 15 heteroatoms. The van der Waals surface area contributed by atoms with Crippen LogP contribution in [0.3, 0.4) is 0 Å². The number of benzene rings is 1. The number of ether oxygens (including phenoxy) is 2. The maximum absolute atomic E-state index is 14.0. The van der Waals surface area contributed by atoms with Gasteiger partial charge < -0.3 is 29.9 Å². The molecule has 42 heavy (non-hydrogen) atoms. The normalized spacial score (nSPS) is 24.5. The zero-order chi connectivity index (χ0) is 30.7. The third-order valence-electron chi connectivity index (χ3n) is 7.13. The second-order valence-electron chi connectivity index (χ2n) is 10.8. The highest BCUT2D eigenvalue weighted by molar-refractivity contribution is 7.52. The first-order valence-electron chi connectivity index (χ1n) is 13.3. The van der Waals surface area contributed by atoms with E-state index in [0.717, 1.165) is 6.42 Å². The zero-order valence-corrected chi connectivity index (χ0v) is 24.6. The van der Waals surface area contributed by atoms with Crippen LogP contribution >= 0.6 is 7.75 Å². The van der Waals surface area contributed by atoms with E-state index in [0.29, 0.717) is 5.52 Å². The number of fused-ring (bicyclic) bond motifs is 1. The van der Waals surface area contributed by atoms with Crippen LogP contribution in [0.2, 0.25) is 0 Å². The summed E-state index contributed by atoms with van der Waals surface area (Å²) in [7, 11) is -4.42. The number of para-hydroxylation sites is 1. The maximum atomic E-state index is 14.0. The molecule has 0 radical (unpaired) electrons. The molecule has 4 rings (SSSR count). The van der Waals surface area contributed by atoms with Gasteiger partial charge in [-0.05, 0) is 43.0 Å². The Balaban J connectivity index is 1.56. The van der Waals surface area contributed by atoms with Crippen molar-refractivity contribution in [2.75, 3.05) is 18.9 Å². The summed E-state index contributed by atoms with van der Waals surface area (Å²) in [5.41, 5.74) is 4.17. The molecular weight excluding hydrogens is 567 g/mol. The molecule has 1 fully saturated rings. The van der Waals surface area contributed by atoms with Crippen LogP contribution in [0.15, 0.2) is 48.8 Å².